The van der Waals surface area contributed by atoms with Crippen molar-refractivity contribution in [2.75, 3.05) is 12.0 Å². The fourth-order valence-corrected chi connectivity index (χ4v) is 3.85. The van der Waals surface area contributed by atoms with Crippen molar-refractivity contribution in [3.05, 3.63) is 0 Å². The molecule has 8 nitrogen and oxygen atoms in total. The number of aromatic nitrogens is 2. The maximum absolute atomic E-state index is 12.0. The second kappa shape index (κ2) is 7.73. The van der Waals surface area contributed by atoms with Gasteiger partial charge in [-0.25, -0.2) is 4.79 Å². The Labute approximate surface area is 142 Å². The zero-order valence-electron chi connectivity index (χ0n) is 13.1. The fourth-order valence-electron chi connectivity index (χ4n) is 1.78. The number of imide groups is 1. The van der Waals surface area contributed by atoms with E-state index < -0.39 is 17.3 Å². The maximum atomic E-state index is 12.0. The van der Waals surface area contributed by atoms with E-state index in [2.05, 4.69) is 20.3 Å². The summed E-state index contributed by atoms with van der Waals surface area (Å²) in [4.78, 5) is 36.5. The molecule has 1 atom stereocenters. The number of carbonyl (C=O) groups is 3. The molecule has 1 saturated carbocycles. The number of ether oxygens (including phenoxy) is 1. The summed E-state index contributed by atoms with van der Waals surface area (Å²) < 4.78 is 4.95. The van der Waals surface area contributed by atoms with Crippen LogP contribution in [0.15, 0.2) is 4.34 Å². The van der Waals surface area contributed by atoms with Gasteiger partial charge in [0.1, 0.15) is 0 Å². The summed E-state index contributed by atoms with van der Waals surface area (Å²) in [7, 11) is 1.19. The quantitative estimate of drug-likeness (QED) is 0.611. The molecule has 1 aromatic rings. The van der Waals surface area contributed by atoms with E-state index in [1.165, 1.54) is 30.2 Å². The van der Waals surface area contributed by atoms with Crippen LogP contribution in [0.2, 0.25) is 0 Å². The predicted molar refractivity (Wildman–Crippen MR) is 86.6 cm³/mol. The molecule has 1 aliphatic rings. The van der Waals surface area contributed by atoms with Gasteiger partial charge in [0.25, 0.3) is 0 Å². The van der Waals surface area contributed by atoms with Crippen molar-refractivity contribution in [3.63, 3.8) is 0 Å². The first-order valence-corrected chi connectivity index (χ1v) is 8.86. The third-order valence-corrected chi connectivity index (χ3v) is 5.25. The molecular formula is C13H18N4O4S2. The Morgan fingerprint density at radius 2 is 2.13 bits per heavy atom. The molecule has 1 N–H and O–H groups in total. The third-order valence-electron chi connectivity index (χ3n) is 3.14. The van der Waals surface area contributed by atoms with Gasteiger partial charge in [0.05, 0.1) is 12.4 Å². The van der Waals surface area contributed by atoms with Crippen molar-refractivity contribution in [1.82, 2.24) is 15.5 Å². The van der Waals surface area contributed by atoms with Crippen LogP contribution < -0.4 is 10.2 Å². The molecule has 0 bridgehead atoms. The summed E-state index contributed by atoms with van der Waals surface area (Å²) >= 11 is 2.45. The van der Waals surface area contributed by atoms with Crippen LogP contribution in [0.5, 0.6) is 0 Å². The van der Waals surface area contributed by atoms with Gasteiger partial charge in [-0.05, 0) is 19.8 Å². The van der Waals surface area contributed by atoms with Gasteiger partial charge in [0.15, 0.2) is 4.34 Å². The number of carbonyl (C=O) groups excluding carboxylic acids is 3. The normalized spacial score (nSPS) is 14.9. The Hall–Kier alpha value is -1.68. The number of hydrogen-bond acceptors (Lipinski definition) is 8. The van der Waals surface area contributed by atoms with Gasteiger partial charge in [-0.3, -0.25) is 19.8 Å². The fraction of sp³-hybridized carbons (Fsp3) is 0.615. The minimum absolute atomic E-state index is 0.0247. The van der Waals surface area contributed by atoms with Gasteiger partial charge >= 0.3 is 6.09 Å². The zero-order valence-corrected chi connectivity index (χ0v) is 14.7. The van der Waals surface area contributed by atoms with E-state index in [9.17, 15) is 14.4 Å². The molecule has 126 valence electrons. The van der Waals surface area contributed by atoms with Crippen molar-refractivity contribution in [3.8, 4) is 0 Å². The summed E-state index contributed by atoms with van der Waals surface area (Å²) in [6.45, 7) is 3.47. The first kappa shape index (κ1) is 17.7. The van der Waals surface area contributed by atoms with E-state index in [0.29, 0.717) is 15.9 Å². The highest BCUT2D eigenvalue weighted by Crippen LogP contribution is 2.37. The van der Waals surface area contributed by atoms with Crippen LogP contribution in [0, 0.1) is 0 Å². The second-order valence-electron chi connectivity index (χ2n) is 4.94. The number of thioether (sulfide) groups is 1. The highest BCUT2D eigenvalue weighted by Gasteiger charge is 2.35. The summed E-state index contributed by atoms with van der Waals surface area (Å²) in [5.74, 6) is -0.445. The lowest BCUT2D eigenvalue weighted by atomic mass is 10.4. The van der Waals surface area contributed by atoms with Gasteiger partial charge in [-0.2, -0.15) is 0 Å². The van der Waals surface area contributed by atoms with Gasteiger partial charge in [0.2, 0.25) is 16.9 Å². The van der Waals surface area contributed by atoms with Crippen LogP contribution in [0.3, 0.4) is 0 Å². The van der Waals surface area contributed by atoms with E-state index in [4.69, 9.17) is 0 Å². The lowest BCUT2D eigenvalue weighted by Crippen LogP contribution is -2.35. The topological polar surface area (TPSA) is 101 Å². The third kappa shape index (κ3) is 4.64. The van der Waals surface area contributed by atoms with Crippen molar-refractivity contribution in [2.45, 2.75) is 48.7 Å². The largest absolute Gasteiger partial charge is 0.453 e. The van der Waals surface area contributed by atoms with Crippen LogP contribution in [-0.2, 0) is 14.3 Å². The van der Waals surface area contributed by atoms with Crippen molar-refractivity contribution in [2.24, 2.45) is 0 Å². The van der Waals surface area contributed by atoms with Crippen LogP contribution in [-0.4, -0.2) is 46.5 Å². The van der Waals surface area contributed by atoms with E-state index >= 15 is 0 Å². The molecule has 0 saturated heterocycles. The summed E-state index contributed by atoms with van der Waals surface area (Å²) in [6, 6.07) is 0.216. The molecule has 0 aromatic carbocycles. The molecule has 0 aliphatic heterocycles. The smallest absolute Gasteiger partial charge is 0.413 e. The molecule has 1 heterocycles. The average molecular weight is 358 g/mol. The van der Waals surface area contributed by atoms with Crippen LogP contribution in [0.1, 0.15) is 33.1 Å². The summed E-state index contributed by atoms with van der Waals surface area (Å²) in [5.41, 5.74) is 0. The first-order valence-electron chi connectivity index (χ1n) is 7.17. The summed E-state index contributed by atoms with van der Waals surface area (Å²) in [6.07, 6.45) is 1.57. The standard InChI is InChI=1S/C13H18N4O4S2/c1-4-9(18)17(8-5-6-8)11-15-16-13(23-11)22-7(2)10(19)14-12(20)21-3/h7-8H,4-6H2,1-3H3,(H,14,19,20)/t7-/m1/s1. The SMILES string of the molecule is CCC(=O)N(c1nnc(S[C@H](C)C(=O)NC(=O)OC)s1)C1CC1. The van der Waals surface area contributed by atoms with E-state index in [-0.39, 0.29) is 11.9 Å². The molecular weight excluding hydrogens is 340 g/mol. The van der Waals surface area contributed by atoms with E-state index in [1.54, 1.807) is 11.8 Å². The molecule has 0 radical (unpaired) electrons. The number of anilines is 1. The Bertz CT molecular complexity index is 603. The number of alkyl carbamates (subject to hydrolysis) is 1. The summed E-state index contributed by atoms with van der Waals surface area (Å²) in [5, 5.41) is 10.2. The van der Waals surface area contributed by atoms with Crippen molar-refractivity contribution in [1.29, 1.82) is 0 Å². The zero-order chi connectivity index (χ0) is 17.0. The Kier molecular flexibility index (Phi) is 5.94. The monoisotopic (exact) mass is 358 g/mol. The lowest BCUT2D eigenvalue weighted by Gasteiger charge is -2.17. The highest BCUT2D eigenvalue weighted by molar-refractivity contribution is 8.02. The molecule has 10 heteroatoms. The second-order valence-corrected chi connectivity index (χ2v) is 7.48. The minimum atomic E-state index is -0.797. The number of amides is 3. The molecule has 1 aromatic heterocycles. The predicted octanol–water partition coefficient (Wildman–Crippen LogP) is 1.81. The number of hydrogen-bond donors (Lipinski definition) is 1. The van der Waals surface area contributed by atoms with Crippen LogP contribution in [0.25, 0.3) is 0 Å². The Morgan fingerprint density at radius 3 is 2.70 bits per heavy atom. The van der Waals surface area contributed by atoms with E-state index in [0.717, 1.165) is 12.8 Å². The van der Waals surface area contributed by atoms with Gasteiger partial charge < -0.3 is 4.74 Å². The van der Waals surface area contributed by atoms with Gasteiger partial charge in [-0.1, -0.05) is 30.0 Å². The molecule has 0 spiro atoms. The minimum Gasteiger partial charge on any atom is -0.453 e. The first-order chi connectivity index (χ1) is 11.0. The van der Waals surface area contributed by atoms with Crippen LogP contribution in [0.4, 0.5) is 9.93 Å². The number of nitrogens with zero attached hydrogens (tertiary/aromatic N) is 3. The molecule has 0 unspecified atom stereocenters. The molecule has 2 rings (SSSR count). The average Bonchev–Trinajstić information content (AvgIpc) is 3.26. The number of methoxy groups -OCH3 is 1. The highest BCUT2D eigenvalue weighted by atomic mass is 32.2. The van der Waals surface area contributed by atoms with Gasteiger partial charge in [-0.15, -0.1) is 10.2 Å². The maximum Gasteiger partial charge on any atom is 0.413 e. The van der Waals surface area contributed by atoms with E-state index in [1.807, 2.05) is 6.92 Å². The Morgan fingerprint density at radius 1 is 1.43 bits per heavy atom. The Balaban J connectivity index is 1.99. The number of rotatable bonds is 6. The molecule has 23 heavy (non-hydrogen) atoms. The van der Waals surface area contributed by atoms with Crippen LogP contribution >= 0.6 is 23.1 Å². The lowest BCUT2D eigenvalue weighted by molar-refractivity contribution is -0.120. The molecule has 1 aliphatic carbocycles. The van der Waals surface area contributed by atoms with Gasteiger partial charge in [0, 0.05) is 12.5 Å². The molecule has 3 amide bonds. The van der Waals surface area contributed by atoms with Crippen molar-refractivity contribution >= 4 is 46.1 Å². The molecule has 1 fully saturated rings. The van der Waals surface area contributed by atoms with Crippen molar-refractivity contribution < 1.29 is 19.1 Å². The number of nitrogens with one attached hydrogen (secondary N) is 1.